The molecule has 1 aliphatic rings. The molecule has 2 aromatic heterocycles. The number of hydrogen-bond acceptors (Lipinski definition) is 6. The minimum Gasteiger partial charge on any atom is -0.465 e. The number of nitrogens with two attached hydrogens (primary N) is 1. The molecule has 1 unspecified atom stereocenters. The van der Waals surface area contributed by atoms with E-state index in [4.69, 9.17) is 17.3 Å². The summed E-state index contributed by atoms with van der Waals surface area (Å²) in [5.41, 5.74) is 5.53. The fourth-order valence-electron chi connectivity index (χ4n) is 3.04. The molecule has 1 amide bonds. The van der Waals surface area contributed by atoms with E-state index >= 15 is 0 Å². The molecule has 138 valence electrons. The zero-order valence-electron chi connectivity index (χ0n) is 14.0. The molecule has 4 N–H and O–H groups in total. The Hall–Kier alpha value is -3.20. The van der Waals surface area contributed by atoms with Gasteiger partial charge in [-0.05, 0) is 30.9 Å². The molecule has 10 heteroatoms. The van der Waals surface area contributed by atoms with Crippen LogP contribution in [-0.4, -0.2) is 30.7 Å². The van der Waals surface area contributed by atoms with Gasteiger partial charge in [0.1, 0.15) is 11.6 Å². The van der Waals surface area contributed by atoms with Crippen LogP contribution in [0.1, 0.15) is 24.7 Å². The second kappa shape index (κ2) is 6.51. The first kappa shape index (κ1) is 17.2. The Morgan fingerprint density at radius 2 is 2.11 bits per heavy atom. The molecular weight excluding hydrogens is 372 g/mol. The standard InChI is InChI=1S/C17H15ClN6O3/c18-9-2-1-3-10-13(9)16(25)24(12-7-20-11(19)6-21-12)15(22-10)14(8-4-5-8)23-17(26)27/h1-3,6-8,14,23H,4-5H2,(H2,19,20)(H,26,27). The number of nitrogen functional groups attached to an aromatic ring is 1. The maximum absolute atomic E-state index is 13.3. The Kier molecular flexibility index (Phi) is 4.15. The van der Waals surface area contributed by atoms with Crippen molar-refractivity contribution in [1.29, 1.82) is 0 Å². The molecule has 2 heterocycles. The van der Waals surface area contributed by atoms with Crippen molar-refractivity contribution < 1.29 is 9.90 Å². The summed E-state index contributed by atoms with van der Waals surface area (Å²) in [5, 5.41) is 12.2. The maximum Gasteiger partial charge on any atom is 0.405 e. The maximum atomic E-state index is 13.3. The molecule has 4 rings (SSSR count). The number of amides is 1. The first-order valence-electron chi connectivity index (χ1n) is 8.24. The van der Waals surface area contributed by atoms with Gasteiger partial charge in [0.2, 0.25) is 0 Å². The number of nitrogens with zero attached hydrogens (tertiary/aromatic N) is 4. The van der Waals surface area contributed by atoms with Gasteiger partial charge >= 0.3 is 6.09 Å². The van der Waals surface area contributed by atoms with E-state index in [0.717, 1.165) is 12.8 Å². The Labute approximate surface area is 157 Å². The lowest BCUT2D eigenvalue weighted by Crippen LogP contribution is -2.35. The Balaban J connectivity index is 2.03. The van der Waals surface area contributed by atoms with Crippen molar-refractivity contribution in [3.05, 3.63) is 51.8 Å². The number of aromatic nitrogens is 4. The van der Waals surface area contributed by atoms with Crippen molar-refractivity contribution in [3.63, 3.8) is 0 Å². The van der Waals surface area contributed by atoms with Crippen LogP contribution in [0, 0.1) is 5.92 Å². The van der Waals surface area contributed by atoms with Crippen molar-refractivity contribution in [1.82, 2.24) is 24.8 Å². The number of hydrogen-bond donors (Lipinski definition) is 3. The first-order chi connectivity index (χ1) is 13.0. The van der Waals surface area contributed by atoms with Crippen molar-refractivity contribution in [2.75, 3.05) is 5.73 Å². The van der Waals surface area contributed by atoms with Gasteiger partial charge in [0.25, 0.3) is 5.56 Å². The van der Waals surface area contributed by atoms with Crippen molar-refractivity contribution in [2.45, 2.75) is 18.9 Å². The van der Waals surface area contributed by atoms with Crippen LogP contribution in [-0.2, 0) is 0 Å². The lowest BCUT2D eigenvalue weighted by molar-refractivity contribution is 0.187. The topological polar surface area (TPSA) is 136 Å². The van der Waals surface area contributed by atoms with E-state index in [1.807, 2.05) is 0 Å². The summed E-state index contributed by atoms with van der Waals surface area (Å²) < 4.78 is 1.25. The SMILES string of the molecule is Nc1cnc(-n2c(C(NC(=O)O)C3CC3)nc3cccc(Cl)c3c2=O)cn1. The van der Waals surface area contributed by atoms with Gasteiger partial charge in [-0.25, -0.2) is 24.3 Å². The molecule has 1 atom stereocenters. The summed E-state index contributed by atoms with van der Waals surface area (Å²) in [6.45, 7) is 0. The van der Waals surface area contributed by atoms with Crippen molar-refractivity contribution >= 4 is 34.4 Å². The first-order valence-corrected chi connectivity index (χ1v) is 8.62. The number of carbonyl (C=O) groups is 1. The van der Waals surface area contributed by atoms with Gasteiger partial charge in [-0.2, -0.15) is 0 Å². The molecule has 3 aromatic rings. The van der Waals surface area contributed by atoms with Crippen LogP contribution in [0.5, 0.6) is 0 Å². The van der Waals surface area contributed by atoms with Crippen LogP contribution >= 0.6 is 11.6 Å². The summed E-state index contributed by atoms with van der Waals surface area (Å²) in [4.78, 5) is 37.3. The number of anilines is 1. The molecule has 0 radical (unpaired) electrons. The van der Waals surface area contributed by atoms with E-state index in [9.17, 15) is 14.7 Å². The third kappa shape index (κ3) is 3.17. The zero-order chi connectivity index (χ0) is 19.1. The highest BCUT2D eigenvalue weighted by Gasteiger charge is 2.37. The predicted molar refractivity (Wildman–Crippen MR) is 99.0 cm³/mol. The number of rotatable bonds is 4. The number of benzene rings is 1. The van der Waals surface area contributed by atoms with E-state index in [1.165, 1.54) is 17.0 Å². The second-order valence-corrected chi connectivity index (χ2v) is 6.72. The molecule has 0 saturated heterocycles. The highest BCUT2D eigenvalue weighted by Crippen LogP contribution is 2.41. The summed E-state index contributed by atoms with van der Waals surface area (Å²) in [5.74, 6) is 0.690. The van der Waals surface area contributed by atoms with E-state index in [2.05, 4.69) is 20.3 Å². The summed E-state index contributed by atoms with van der Waals surface area (Å²) >= 11 is 6.22. The van der Waals surface area contributed by atoms with E-state index in [0.29, 0.717) is 5.52 Å². The lowest BCUT2D eigenvalue weighted by atomic mass is 10.1. The third-order valence-electron chi connectivity index (χ3n) is 4.41. The summed E-state index contributed by atoms with van der Waals surface area (Å²) in [7, 11) is 0. The lowest BCUT2D eigenvalue weighted by Gasteiger charge is -2.21. The van der Waals surface area contributed by atoms with Crippen LogP contribution < -0.4 is 16.6 Å². The highest BCUT2D eigenvalue weighted by atomic mass is 35.5. The van der Waals surface area contributed by atoms with Crippen LogP contribution in [0.3, 0.4) is 0 Å². The normalized spacial score (nSPS) is 14.9. The van der Waals surface area contributed by atoms with Crippen LogP contribution in [0.2, 0.25) is 5.02 Å². The average Bonchev–Trinajstić information content (AvgIpc) is 3.45. The molecule has 1 fully saturated rings. The average molecular weight is 387 g/mol. The minimum atomic E-state index is -1.19. The summed E-state index contributed by atoms with van der Waals surface area (Å²) in [6, 6.07) is 4.29. The Morgan fingerprint density at radius 1 is 1.33 bits per heavy atom. The van der Waals surface area contributed by atoms with Crippen LogP contribution in [0.4, 0.5) is 10.6 Å². The molecule has 1 aromatic carbocycles. The molecule has 0 bridgehead atoms. The number of carboxylic acid groups (broad SMARTS) is 1. The Morgan fingerprint density at radius 3 is 2.74 bits per heavy atom. The quantitative estimate of drug-likeness (QED) is 0.624. The van der Waals surface area contributed by atoms with E-state index < -0.39 is 17.7 Å². The minimum absolute atomic E-state index is 0.0534. The monoisotopic (exact) mass is 386 g/mol. The zero-order valence-corrected chi connectivity index (χ0v) is 14.7. The number of fused-ring (bicyclic) bond motifs is 1. The summed E-state index contributed by atoms with van der Waals surface area (Å²) in [6.07, 6.45) is 3.14. The van der Waals surface area contributed by atoms with E-state index in [-0.39, 0.29) is 33.8 Å². The fraction of sp³-hybridized carbons (Fsp3) is 0.235. The molecule has 0 aliphatic heterocycles. The third-order valence-corrected chi connectivity index (χ3v) is 4.73. The molecular formula is C17H15ClN6O3. The molecule has 9 nitrogen and oxygen atoms in total. The molecule has 1 saturated carbocycles. The Bertz CT molecular complexity index is 1090. The van der Waals surface area contributed by atoms with Crippen molar-refractivity contribution in [2.24, 2.45) is 5.92 Å². The van der Waals surface area contributed by atoms with Crippen LogP contribution in [0.15, 0.2) is 35.4 Å². The van der Waals surface area contributed by atoms with E-state index in [1.54, 1.807) is 18.2 Å². The fourth-order valence-corrected chi connectivity index (χ4v) is 3.29. The van der Waals surface area contributed by atoms with Gasteiger partial charge in [0, 0.05) is 0 Å². The van der Waals surface area contributed by atoms with Crippen molar-refractivity contribution in [3.8, 4) is 5.82 Å². The van der Waals surface area contributed by atoms with Crippen LogP contribution in [0.25, 0.3) is 16.7 Å². The predicted octanol–water partition coefficient (Wildman–Crippen LogP) is 2.13. The number of nitrogens with one attached hydrogen (secondary N) is 1. The van der Waals surface area contributed by atoms with Gasteiger partial charge in [-0.15, -0.1) is 0 Å². The van der Waals surface area contributed by atoms with Gasteiger partial charge in [-0.3, -0.25) is 4.79 Å². The highest BCUT2D eigenvalue weighted by molar-refractivity contribution is 6.35. The largest absolute Gasteiger partial charge is 0.465 e. The van der Waals surface area contributed by atoms with Gasteiger partial charge < -0.3 is 16.2 Å². The molecule has 1 aliphatic carbocycles. The number of halogens is 1. The molecule has 0 spiro atoms. The van der Waals surface area contributed by atoms with Gasteiger partial charge in [0.15, 0.2) is 5.82 Å². The van der Waals surface area contributed by atoms with Gasteiger partial charge in [0.05, 0.1) is 34.4 Å². The van der Waals surface area contributed by atoms with Gasteiger partial charge in [-0.1, -0.05) is 17.7 Å². The molecule has 27 heavy (non-hydrogen) atoms. The smallest absolute Gasteiger partial charge is 0.405 e. The second-order valence-electron chi connectivity index (χ2n) is 6.31.